The lowest BCUT2D eigenvalue weighted by Gasteiger charge is -2.19. The monoisotopic (exact) mass is 474 g/mol. The van der Waals surface area contributed by atoms with E-state index >= 15 is 0 Å². The summed E-state index contributed by atoms with van der Waals surface area (Å²) in [5.41, 5.74) is 2.06. The van der Waals surface area contributed by atoms with E-state index in [1.165, 1.54) is 0 Å². The van der Waals surface area contributed by atoms with E-state index in [1.807, 2.05) is 48.5 Å². The van der Waals surface area contributed by atoms with Gasteiger partial charge < -0.3 is 29.0 Å². The quantitative estimate of drug-likeness (QED) is 0.406. The Balaban J connectivity index is 0.000000204. The molecule has 1 aliphatic rings. The Morgan fingerprint density at radius 2 is 1.21 bits per heavy atom. The van der Waals surface area contributed by atoms with Crippen LogP contribution < -0.4 is 9.83 Å². The first-order valence-corrected chi connectivity index (χ1v) is 12.9. The summed E-state index contributed by atoms with van der Waals surface area (Å²) in [5.74, 6) is 0.722. The second-order valence-electron chi connectivity index (χ2n) is 5.04. The minimum Gasteiger partial charge on any atom is -0.441 e. The van der Waals surface area contributed by atoms with Gasteiger partial charge in [0.05, 0.1) is 5.30 Å². The van der Waals surface area contributed by atoms with E-state index in [2.05, 4.69) is 8.62 Å². The number of benzene rings is 2. The Labute approximate surface area is 158 Å². The topological polar surface area (TPSA) is 197 Å². The molecule has 0 saturated heterocycles. The van der Waals surface area contributed by atoms with E-state index in [0.29, 0.717) is 0 Å². The number of fused-ring (bicyclic) bond motifs is 3. The van der Waals surface area contributed by atoms with Crippen LogP contribution in [0.4, 0.5) is 0 Å². The van der Waals surface area contributed by atoms with Crippen molar-refractivity contribution < 1.29 is 55.9 Å². The van der Waals surface area contributed by atoms with Crippen molar-refractivity contribution >= 4 is 36.8 Å². The molecule has 154 valence electrons. The van der Waals surface area contributed by atoms with Crippen LogP contribution >= 0.6 is 31.5 Å². The molecule has 0 radical (unpaired) electrons. The molecule has 1 heterocycles. The Morgan fingerprint density at radius 1 is 0.750 bits per heavy atom. The summed E-state index contributed by atoms with van der Waals surface area (Å²) in [6, 6.07) is 15.4. The highest BCUT2D eigenvalue weighted by molar-refractivity contribution is 7.66. The fourth-order valence-electron chi connectivity index (χ4n) is 2.11. The van der Waals surface area contributed by atoms with Crippen LogP contribution in [0.25, 0.3) is 11.1 Å². The Bertz CT molecular complexity index is 997. The molecule has 1 aliphatic heterocycles. The molecule has 3 rings (SSSR count). The van der Waals surface area contributed by atoms with Gasteiger partial charge in [-0.05, 0) is 17.7 Å². The molecule has 16 heteroatoms. The highest BCUT2D eigenvalue weighted by atomic mass is 31.3. The maximum Gasteiger partial charge on any atom is 0.490 e. The molecular weight excluding hydrogens is 460 g/mol. The van der Waals surface area contributed by atoms with Gasteiger partial charge in [0.25, 0.3) is 8.03 Å². The third kappa shape index (κ3) is 7.04. The molecule has 0 bridgehead atoms. The van der Waals surface area contributed by atoms with Crippen LogP contribution in [-0.4, -0.2) is 24.5 Å². The molecule has 0 amide bonds. The predicted octanol–water partition coefficient (Wildman–Crippen LogP) is 2.15. The second-order valence-corrected chi connectivity index (χ2v) is 10.6. The first kappa shape index (κ1) is 23.2. The minimum atomic E-state index is -5.46. The number of hydrogen-bond acceptors (Lipinski definition) is 7. The third-order valence-electron chi connectivity index (χ3n) is 2.95. The van der Waals surface area contributed by atoms with Crippen LogP contribution in [0.5, 0.6) is 5.75 Å². The number of rotatable bonds is 4. The number of phosphoric acid groups is 3. The van der Waals surface area contributed by atoms with E-state index in [9.17, 15) is 18.3 Å². The van der Waals surface area contributed by atoms with Crippen molar-refractivity contribution in [2.45, 2.75) is 0 Å². The van der Waals surface area contributed by atoms with E-state index < -0.39 is 31.5 Å². The van der Waals surface area contributed by atoms with E-state index in [4.69, 9.17) is 29.0 Å². The summed E-state index contributed by atoms with van der Waals surface area (Å²) >= 11 is 0. The molecule has 2 aromatic carbocycles. The summed E-state index contributed by atoms with van der Waals surface area (Å²) in [4.78, 5) is 40.2. The summed E-state index contributed by atoms with van der Waals surface area (Å²) in [6.07, 6.45) is 0. The Morgan fingerprint density at radius 3 is 1.75 bits per heavy atom. The molecule has 28 heavy (non-hydrogen) atoms. The van der Waals surface area contributed by atoms with Crippen LogP contribution in [-0.2, 0) is 26.9 Å². The number of hydrogen-bond donors (Lipinski definition) is 5. The van der Waals surface area contributed by atoms with Crippen molar-refractivity contribution in [2.75, 3.05) is 0 Å². The van der Waals surface area contributed by atoms with Gasteiger partial charge in [0.2, 0.25) is 0 Å². The molecule has 0 aromatic heterocycles. The molecule has 1 unspecified atom stereocenters. The third-order valence-corrected chi connectivity index (χ3v) is 7.58. The lowest BCUT2D eigenvalue weighted by Crippen LogP contribution is -2.09. The van der Waals surface area contributed by atoms with Crippen LogP contribution in [0.3, 0.4) is 0 Å². The molecule has 0 spiro atoms. The molecule has 12 nitrogen and oxygen atoms in total. The second kappa shape index (κ2) is 8.71. The normalized spacial score (nSPS) is 16.1. The Kier molecular flexibility index (Phi) is 7.21. The smallest absolute Gasteiger partial charge is 0.441 e. The predicted molar refractivity (Wildman–Crippen MR) is 97.2 cm³/mol. The van der Waals surface area contributed by atoms with Gasteiger partial charge in [-0.1, -0.05) is 36.4 Å². The zero-order chi connectivity index (χ0) is 21.2. The zero-order valence-corrected chi connectivity index (χ0v) is 17.2. The van der Waals surface area contributed by atoms with Crippen LogP contribution in [0.1, 0.15) is 0 Å². The maximum absolute atomic E-state index is 11.8. The highest BCUT2D eigenvalue weighted by Crippen LogP contribution is 2.64. The standard InChI is InChI=1S/C12H9O2P.H5O10P3/c13-15-12-8-4-2-6-10(12)9-5-1-3-7-11(9)14-15;1-11(2,3)9-13(7,8)10-12(4,5)6/h1-8,15H;(H,7,8)(H2,1,2,3)(H2,4,5,6). The van der Waals surface area contributed by atoms with Crippen LogP contribution in [0.15, 0.2) is 48.5 Å². The van der Waals surface area contributed by atoms with Gasteiger partial charge in [-0.3, -0.25) is 4.57 Å². The molecule has 2 aromatic rings. The molecule has 5 N–H and O–H groups in total. The van der Waals surface area contributed by atoms with Crippen molar-refractivity contribution in [1.29, 1.82) is 0 Å². The molecule has 0 saturated carbocycles. The lowest BCUT2D eigenvalue weighted by atomic mass is 10.0. The average Bonchev–Trinajstić information content (AvgIpc) is 2.51. The van der Waals surface area contributed by atoms with E-state index in [0.717, 1.165) is 22.2 Å². The van der Waals surface area contributed by atoms with Crippen molar-refractivity contribution in [3.05, 3.63) is 48.5 Å². The van der Waals surface area contributed by atoms with Crippen LogP contribution in [0, 0.1) is 0 Å². The fourth-order valence-corrected chi connectivity index (χ4v) is 5.81. The van der Waals surface area contributed by atoms with Crippen molar-refractivity contribution in [3.8, 4) is 16.9 Å². The lowest BCUT2D eigenvalue weighted by molar-refractivity contribution is 0.204. The fraction of sp³-hybridized carbons (Fsp3) is 0. The van der Waals surface area contributed by atoms with Gasteiger partial charge in [0, 0.05) is 5.56 Å². The molecule has 0 aliphatic carbocycles. The van der Waals surface area contributed by atoms with Gasteiger partial charge in [-0.25, -0.2) is 13.7 Å². The summed E-state index contributed by atoms with van der Waals surface area (Å²) < 4.78 is 53.6. The Hall–Kier alpha value is -1.12. The van der Waals surface area contributed by atoms with Gasteiger partial charge in [-0.2, -0.15) is 8.62 Å². The maximum atomic E-state index is 11.8. The molecular formula is C12H14O12P4. The summed E-state index contributed by atoms with van der Waals surface area (Å²) in [6.45, 7) is 0. The van der Waals surface area contributed by atoms with Gasteiger partial charge in [0.1, 0.15) is 5.75 Å². The first-order valence-electron chi connectivity index (χ1n) is 7.05. The average molecular weight is 474 g/mol. The summed E-state index contributed by atoms with van der Waals surface area (Å²) in [5, 5.41) is 0.821. The number of para-hydroxylation sites is 1. The van der Waals surface area contributed by atoms with Crippen LogP contribution in [0.2, 0.25) is 0 Å². The first-order chi connectivity index (χ1) is 12.8. The minimum absolute atomic E-state index is 0.722. The SMILES string of the molecule is O=P(O)(O)OP(=O)(O)OP(=O)(O)O.O=[PH]1Oc2ccccc2-c2ccccc21. The zero-order valence-electron chi connectivity index (χ0n) is 13.6. The van der Waals surface area contributed by atoms with E-state index in [1.54, 1.807) is 0 Å². The largest absolute Gasteiger partial charge is 0.490 e. The van der Waals surface area contributed by atoms with Crippen molar-refractivity contribution in [2.24, 2.45) is 0 Å². The van der Waals surface area contributed by atoms with Crippen molar-refractivity contribution in [1.82, 2.24) is 0 Å². The van der Waals surface area contributed by atoms with Gasteiger partial charge >= 0.3 is 23.5 Å². The van der Waals surface area contributed by atoms with Gasteiger partial charge in [0.15, 0.2) is 0 Å². The summed E-state index contributed by atoms with van der Waals surface area (Å²) in [7, 11) is -18.3. The van der Waals surface area contributed by atoms with Gasteiger partial charge in [-0.15, -0.1) is 0 Å². The molecule has 1 atom stereocenters. The highest BCUT2D eigenvalue weighted by Gasteiger charge is 2.38. The van der Waals surface area contributed by atoms with Crippen molar-refractivity contribution in [3.63, 3.8) is 0 Å². The van der Waals surface area contributed by atoms with E-state index in [-0.39, 0.29) is 0 Å². The molecule has 0 fully saturated rings.